The summed E-state index contributed by atoms with van der Waals surface area (Å²) in [6.07, 6.45) is 0. The van der Waals surface area contributed by atoms with Crippen molar-refractivity contribution in [3.8, 4) is 17.4 Å². The molecule has 0 spiro atoms. The maximum absolute atomic E-state index is 11.3. The third kappa shape index (κ3) is 3.79. The van der Waals surface area contributed by atoms with Gasteiger partial charge in [0.05, 0.1) is 40.0 Å². The molecule has 0 fully saturated rings. The van der Waals surface area contributed by atoms with Crippen molar-refractivity contribution in [2.24, 2.45) is 4.99 Å². The summed E-state index contributed by atoms with van der Waals surface area (Å²) in [5, 5.41) is 21.1. The molecule has 0 bridgehead atoms. The van der Waals surface area contributed by atoms with E-state index in [9.17, 15) is 5.26 Å². The molecule has 4 nitrogen and oxygen atoms in total. The van der Waals surface area contributed by atoms with Gasteiger partial charge in [-0.15, -0.1) is 22.7 Å². The zero-order chi connectivity index (χ0) is 33.8. The van der Waals surface area contributed by atoms with Gasteiger partial charge in [-0.25, -0.2) is 0 Å². The molecule has 0 aliphatic carbocycles. The van der Waals surface area contributed by atoms with E-state index >= 15 is 0 Å². The number of benzene rings is 7. The molecule has 11 rings (SSSR count). The maximum atomic E-state index is 11.3. The van der Waals surface area contributed by atoms with Gasteiger partial charge >= 0.3 is 0 Å². The highest BCUT2D eigenvalue weighted by Gasteiger charge is 2.25. The maximum Gasteiger partial charge on any atom is 0.104 e. The van der Waals surface area contributed by atoms with E-state index in [0.717, 1.165) is 39.0 Å². The first-order chi connectivity index (χ1) is 25.2. The van der Waals surface area contributed by atoms with E-state index in [-0.39, 0.29) is 0 Å². The first-order valence-electron chi connectivity index (χ1n) is 16.9. The summed E-state index contributed by atoms with van der Waals surface area (Å²) in [4.78, 5) is 4.36. The van der Waals surface area contributed by atoms with Crippen LogP contribution in [0.25, 0.3) is 95.3 Å². The van der Waals surface area contributed by atoms with Crippen LogP contribution in [0.15, 0.2) is 138 Å². The molecular formula is C45H26N4S2. The van der Waals surface area contributed by atoms with Crippen LogP contribution in [0, 0.1) is 11.3 Å². The Kier molecular flexibility index (Phi) is 5.95. The molecule has 0 saturated carbocycles. The first-order valence-corrected chi connectivity index (χ1v) is 18.5. The minimum absolute atomic E-state index is 0.388. The van der Waals surface area contributed by atoms with Crippen molar-refractivity contribution in [3.05, 3.63) is 145 Å². The van der Waals surface area contributed by atoms with Crippen molar-refractivity contribution in [1.82, 2.24) is 9.13 Å². The smallest absolute Gasteiger partial charge is 0.104 e. The summed E-state index contributed by atoms with van der Waals surface area (Å²) in [5.41, 5.74) is 7.55. The molecule has 0 unspecified atom stereocenters. The third-order valence-corrected chi connectivity index (χ3v) is 12.9. The van der Waals surface area contributed by atoms with Crippen molar-refractivity contribution in [1.29, 1.82) is 5.26 Å². The van der Waals surface area contributed by atoms with Gasteiger partial charge < -0.3 is 9.13 Å². The summed E-state index contributed by atoms with van der Waals surface area (Å²) in [6, 6.07) is 50.4. The van der Waals surface area contributed by atoms with Crippen LogP contribution < -0.4 is 0 Å². The molecule has 238 valence electrons. The van der Waals surface area contributed by atoms with Gasteiger partial charge in [0.25, 0.3) is 0 Å². The number of hydrogen-bond acceptors (Lipinski definition) is 4. The third-order valence-electron chi connectivity index (χ3n) is 10.5. The highest BCUT2D eigenvalue weighted by Crippen LogP contribution is 2.46. The summed E-state index contributed by atoms with van der Waals surface area (Å²) < 4.78 is 9.67. The number of fused-ring (bicyclic) bond motifs is 14. The van der Waals surface area contributed by atoms with Gasteiger partial charge in [0.15, 0.2) is 0 Å². The Labute approximate surface area is 300 Å². The van der Waals surface area contributed by atoms with Crippen LogP contribution in [0.4, 0.5) is 0 Å². The quantitative estimate of drug-likeness (QED) is 0.170. The Balaban J connectivity index is 1.28. The average Bonchev–Trinajstić information content (AvgIpc) is 3.92. The molecule has 0 amide bonds. The molecule has 4 heterocycles. The van der Waals surface area contributed by atoms with Gasteiger partial charge in [-0.3, -0.25) is 4.99 Å². The minimum atomic E-state index is 0.388. The van der Waals surface area contributed by atoms with E-state index < -0.39 is 0 Å². The van der Waals surface area contributed by atoms with Crippen LogP contribution in [0.3, 0.4) is 0 Å². The second kappa shape index (κ2) is 10.6. The van der Waals surface area contributed by atoms with Gasteiger partial charge in [-0.1, -0.05) is 91.0 Å². The largest absolute Gasteiger partial charge is 0.308 e. The van der Waals surface area contributed by atoms with Crippen molar-refractivity contribution < 1.29 is 0 Å². The molecule has 0 radical (unpaired) electrons. The van der Waals surface area contributed by atoms with E-state index in [2.05, 4.69) is 160 Å². The van der Waals surface area contributed by atoms with Crippen LogP contribution in [-0.4, -0.2) is 15.9 Å². The number of nitriles is 1. The Hall–Kier alpha value is -6.26. The number of hydrogen-bond donors (Lipinski definition) is 0. The normalized spacial score (nSPS) is 12.1. The summed E-state index contributed by atoms with van der Waals surface area (Å²) in [7, 11) is 0. The lowest BCUT2D eigenvalue weighted by Crippen LogP contribution is -2.07. The summed E-state index contributed by atoms with van der Waals surface area (Å²) in [6.45, 7) is 4.27. The first kappa shape index (κ1) is 28.6. The highest BCUT2D eigenvalue weighted by atomic mass is 32.1. The fraction of sp³-hybridized carbons (Fsp3) is 0.0222. The molecule has 0 atom stereocenters. The topological polar surface area (TPSA) is 46.0 Å². The van der Waals surface area contributed by atoms with Gasteiger partial charge in [-0.05, 0) is 54.7 Å². The van der Waals surface area contributed by atoms with Crippen LogP contribution in [0.5, 0.6) is 0 Å². The molecule has 4 aromatic heterocycles. The lowest BCUT2D eigenvalue weighted by molar-refractivity contribution is 1.02. The van der Waals surface area contributed by atoms with Crippen molar-refractivity contribution in [2.75, 3.05) is 0 Å². The second-order valence-corrected chi connectivity index (χ2v) is 15.1. The number of aliphatic imine (C=N–C) groups is 1. The van der Waals surface area contributed by atoms with E-state index in [4.69, 9.17) is 0 Å². The van der Waals surface area contributed by atoms with Crippen LogP contribution in [0.1, 0.15) is 11.1 Å². The average molecular weight is 687 g/mol. The molecular weight excluding hydrogens is 661 g/mol. The SMILES string of the molecule is C=NCc1ccc(-n2c3ccccc3c3c4sc5ccccc5c4ccc32)c(C#N)c1-n1c2ccccc2c2c3sc4ccccc4c3ccc21. The standard InChI is InChI=1S/C45H26N4S2/c1-47-25-26-18-21-36(48-34-14-6-2-12-31(34)41-37(48)22-19-29-27-10-4-8-16-39(27)50-44(29)41)33(24-46)43(26)49-35-15-7-3-13-32(35)42-38(49)23-20-30-28-11-5-9-17-40(28)51-45(30)42/h2-23H,1,25H2. The summed E-state index contributed by atoms with van der Waals surface area (Å²) in [5.74, 6) is 0. The Morgan fingerprint density at radius 3 is 1.61 bits per heavy atom. The van der Waals surface area contributed by atoms with Crippen molar-refractivity contribution in [3.63, 3.8) is 0 Å². The lowest BCUT2D eigenvalue weighted by atomic mass is 10.0. The monoisotopic (exact) mass is 686 g/mol. The molecule has 11 aromatic rings. The van der Waals surface area contributed by atoms with E-state index in [1.807, 2.05) is 22.7 Å². The fourth-order valence-electron chi connectivity index (χ4n) is 8.39. The molecule has 0 aliphatic heterocycles. The highest BCUT2D eigenvalue weighted by molar-refractivity contribution is 7.27. The van der Waals surface area contributed by atoms with E-state index in [1.165, 1.54) is 61.9 Å². The van der Waals surface area contributed by atoms with E-state index in [1.54, 1.807) is 0 Å². The molecule has 51 heavy (non-hydrogen) atoms. The van der Waals surface area contributed by atoms with Gasteiger partial charge in [0, 0.05) is 61.9 Å². The number of para-hydroxylation sites is 2. The Bertz CT molecular complexity index is 3330. The zero-order valence-corrected chi connectivity index (χ0v) is 28.9. The summed E-state index contributed by atoms with van der Waals surface area (Å²) >= 11 is 3.67. The Morgan fingerprint density at radius 1 is 0.529 bits per heavy atom. The predicted molar refractivity (Wildman–Crippen MR) is 219 cm³/mol. The van der Waals surface area contributed by atoms with Crippen LogP contribution >= 0.6 is 22.7 Å². The van der Waals surface area contributed by atoms with Crippen molar-refractivity contribution >= 4 is 113 Å². The fourth-order valence-corrected chi connectivity index (χ4v) is 10.9. The predicted octanol–water partition coefficient (Wildman–Crippen LogP) is 12.7. The molecule has 0 aliphatic rings. The molecule has 7 aromatic carbocycles. The number of aromatic nitrogens is 2. The van der Waals surface area contributed by atoms with Gasteiger partial charge in [-0.2, -0.15) is 5.26 Å². The molecule has 0 saturated heterocycles. The van der Waals surface area contributed by atoms with Crippen LogP contribution in [0.2, 0.25) is 0 Å². The van der Waals surface area contributed by atoms with E-state index in [0.29, 0.717) is 12.1 Å². The zero-order valence-electron chi connectivity index (χ0n) is 27.2. The van der Waals surface area contributed by atoms with Gasteiger partial charge in [0.2, 0.25) is 0 Å². The van der Waals surface area contributed by atoms with Crippen molar-refractivity contribution in [2.45, 2.75) is 6.54 Å². The van der Waals surface area contributed by atoms with Crippen LogP contribution in [-0.2, 0) is 6.54 Å². The minimum Gasteiger partial charge on any atom is -0.308 e. The second-order valence-electron chi connectivity index (χ2n) is 13.0. The number of thiophene rings is 2. The Morgan fingerprint density at radius 2 is 1.04 bits per heavy atom. The molecule has 6 heteroatoms. The number of rotatable bonds is 4. The lowest BCUT2D eigenvalue weighted by Gasteiger charge is -2.19. The molecule has 0 N–H and O–H groups in total. The number of nitrogens with zero attached hydrogens (tertiary/aromatic N) is 4. The van der Waals surface area contributed by atoms with Gasteiger partial charge in [0.1, 0.15) is 11.6 Å².